The molecule has 0 spiro atoms. The second-order valence-corrected chi connectivity index (χ2v) is 7.73. The molecule has 0 amide bonds. The Balaban J connectivity index is 2.38. The van der Waals surface area contributed by atoms with Crippen molar-refractivity contribution in [2.75, 3.05) is 6.54 Å². The van der Waals surface area contributed by atoms with Gasteiger partial charge >= 0.3 is 6.18 Å². The molecule has 1 atom stereocenters. The smallest absolute Gasteiger partial charge is 0.329 e. The standard InChI is InChI=1S/C13H16ClF3N2O2S/c1-12(7-18,8-2-3-8)19-22(20,21)9-4-5-11(14)10(6-9)13(15,16)17/h4-6,8,19H,2-3,7,18H2,1H3. The topological polar surface area (TPSA) is 72.2 Å². The molecule has 0 radical (unpaired) electrons. The number of hydrogen-bond donors (Lipinski definition) is 2. The lowest BCUT2D eigenvalue weighted by Gasteiger charge is -2.29. The van der Waals surface area contributed by atoms with E-state index in [4.69, 9.17) is 17.3 Å². The minimum atomic E-state index is -4.73. The minimum Gasteiger partial charge on any atom is -0.329 e. The highest BCUT2D eigenvalue weighted by molar-refractivity contribution is 7.89. The van der Waals surface area contributed by atoms with Crippen molar-refractivity contribution in [3.05, 3.63) is 28.8 Å². The summed E-state index contributed by atoms with van der Waals surface area (Å²) in [6, 6.07) is 2.51. The molecule has 0 aromatic heterocycles. The zero-order chi connectivity index (χ0) is 16.8. The van der Waals surface area contributed by atoms with E-state index in [-0.39, 0.29) is 12.5 Å². The van der Waals surface area contributed by atoms with Gasteiger partial charge in [0, 0.05) is 12.1 Å². The summed E-state index contributed by atoms with van der Waals surface area (Å²) >= 11 is 5.50. The summed E-state index contributed by atoms with van der Waals surface area (Å²) in [4.78, 5) is -0.482. The molecule has 4 nitrogen and oxygen atoms in total. The van der Waals surface area contributed by atoms with Crippen molar-refractivity contribution in [2.24, 2.45) is 11.7 Å². The van der Waals surface area contributed by atoms with Gasteiger partial charge in [0.15, 0.2) is 0 Å². The first-order valence-corrected chi connectivity index (χ1v) is 8.46. The molecule has 1 fully saturated rings. The molecule has 1 unspecified atom stereocenters. The molecule has 0 bridgehead atoms. The van der Waals surface area contributed by atoms with E-state index in [9.17, 15) is 21.6 Å². The van der Waals surface area contributed by atoms with E-state index in [1.807, 2.05) is 0 Å². The van der Waals surface area contributed by atoms with Crippen molar-refractivity contribution in [1.82, 2.24) is 4.72 Å². The second kappa shape index (κ2) is 5.67. The number of alkyl halides is 3. The molecule has 9 heteroatoms. The molecule has 1 aliphatic carbocycles. The Kier molecular flexibility index (Phi) is 4.51. The number of halogens is 4. The van der Waals surface area contributed by atoms with E-state index in [0.29, 0.717) is 6.07 Å². The fraction of sp³-hybridized carbons (Fsp3) is 0.538. The van der Waals surface area contributed by atoms with Gasteiger partial charge in [0.2, 0.25) is 10.0 Å². The molecule has 0 aliphatic heterocycles. The zero-order valence-electron chi connectivity index (χ0n) is 11.7. The van der Waals surface area contributed by atoms with E-state index in [0.717, 1.165) is 25.0 Å². The van der Waals surface area contributed by atoms with Crippen LogP contribution in [0.3, 0.4) is 0 Å². The Morgan fingerprint density at radius 1 is 1.36 bits per heavy atom. The lowest BCUT2D eigenvalue weighted by atomic mass is 9.98. The summed E-state index contributed by atoms with van der Waals surface area (Å²) in [5, 5.41) is -0.546. The monoisotopic (exact) mass is 356 g/mol. The van der Waals surface area contributed by atoms with Crippen LogP contribution in [0.15, 0.2) is 23.1 Å². The van der Waals surface area contributed by atoms with Gasteiger partial charge in [-0.1, -0.05) is 11.6 Å². The van der Waals surface area contributed by atoms with Gasteiger partial charge in [-0.15, -0.1) is 0 Å². The van der Waals surface area contributed by atoms with Crippen LogP contribution in [0.1, 0.15) is 25.3 Å². The molecule has 2 rings (SSSR count). The third kappa shape index (κ3) is 3.56. The lowest BCUT2D eigenvalue weighted by molar-refractivity contribution is -0.137. The first-order chi connectivity index (χ1) is 9.99. The Hall–Kier alpha value is -0.830. The fourth-order valence-electron chi connectivity index (χ4n) is 2.27. The molecule has 3 N–H and O–H groups in total. The third-order valence-electron chi connectivity index (χ3n) is 3.82. The van der Waals surface area contributed by atoms with Crippen LogP contribution in [-0.4, -0.2) is 20.5 Å². The fourth-order valence-corrected chi connectivity index (χ4v) is 3.99. The quantitative estimate of drug-likeness (QED) is 0.852. The highest BCUT2D eigenvalue weighted by atomic mass is 35.5. The Labute approximate surface area is 131 Å². The van der Waals surface area contributed by atoms with Gasteiger partial charge in [0.25, 0.3) is 0 Å². The number of nitrogens with two attached hydrogens (primary N) is 1. The highest BCUT2D eigenvalue weighted by Gasteiger charge is 2.43. The van der Waals surface area contributed by atoms with Gasteiger partial charge in [-0.2, -0.15) is 13.2 Å². The van der Waals surface area contributed by atoms with Crippen LogP contribution in [-0.2, 0) is 16.2 Å². The van der Waals surface area contributed by atoms with Gasteiger partial charge in [0.1, 0.15) is 0 Å². The van der Waals surface area contributed by atoms with E-state index in [1.54, 1.807) is 6.92 Å². The SMILES string of the molecule is CC(CN)(NS(=O)(=O)c1ccc(Cl)c(C(F)(F)F)c1)C1CC1. The van der Waals surface area contributed by atoms with Gasteiger partial charge in [0.05, 0.1) is 15.5 Å². The summed E-state index contributed by atoms with van der Waals surface area (Å²) in [5.74, 6) is 0.0988. The average molecular weight is 357 g/mol. The number of sulfonamides is 1. The predicted octanol–water partition coefficient (Wildman–Crippen LogP) is 2.76. The summed E-state index contributed by atoms with van der Waals surface area (Å²) < 4.78 is 65.7. The van der Waals surface area contributed by atoms with Crippen LogP contribution in [0.2, 0.25) is 5.02 Å². The minimum absolute atomic E-state index is 0.0661. The van der Waals surface area contributed by atoms with Gasteiger partial charge in [-0.25, -0.2) is 13.1 Å². The molecule has 22 heavy (non-hydrogen) atoms. The first kappa shape index (κ1) is 17.5. The molecule has 124 valence electrons. The van der Waals surface area contributed by atoms with Crippen molar-refractivity contribution in [3.63, 3.8) is 0 Å². The lowest BCUT2D eigenvalue weighted by Crippen LogP contribution is -2.52. The second-order valence-electron chi connectivity index (χ2n) is 5.64. The average Bonchev–Trinajstić information content (AvgIpc) is 3.21. The van der Waals surface area contributed by atoms with Crippen LogP contribution >= 0.6 is 11.6 Å². The Morgan fingerprint density at radius 3 is 2.41 bits per heavy atom. The summed E-state index contributed by atoms with van der Waals surface area (Å²) in [5.41, 5.74) is 3.58. The molecule has 0 heterocycles. The maximum absolute atomic E-state index is 12.8. The molecule has 0 saturated heterocycles. The highest BCUT2D eigenvalue weighted by Crippen LogP contribution is 2.40. The molecular weight excluding hydrogens is 341 g/mol. The van der Waals surface area contributed by atoms with E-state index >= 15 is 0 Å². The summed E-state index contributed by atoms with van der Waals surface area (Å²) in [6.45, 7) is 1.72. The van der Waals surface area contributed by atoms with Crippen LogP contribution < -0.4 is 10.5 Å². The molecule has 1 saturated carbocycles. The van der Waals surface area contributed by atoms with Crippen molar-refractivity contribution < 1.29 is 21.6 Å². The van der Waals surface area contributed by atoms with Crippen LogP contribution in [0.25, 0.3) is 0 Å². The molecular formula is C13H16ClF3N2O2S. The molecule has 1 aromatic rings. The molecule has 1 aromatic carbocycles. The molecule has 1 aliphatic rings. The summed E-state index contributed by atoms with van der Waals surface area (Å²) in [7, 11) is -4.12. The van der Waals surface area contributed by atoms with Crippen molar-refractivity contribution in [2.45, 2.75) is 36.4 Å². The van der Waals surface area contributed by atoms with Crippen LogP contribution in [0.5, 0.6) is 0 Å². The van der Waals surface area contributed by atoms with Gasteiger partial charge in [-0.05, 0) is 43.9 Å². The van der Waals surface area contributed by atoms with E-state index in [1.165, 1.54) is 0 Å². The summed E-state index contributed by atoms with van der Waals surface area (Å²) in [6.07, 6.45) is -3.05. The van der Waals surface area contributed by atoms with Crippen molar-refractivity contribution in [1.29, 1.82) is 0 Å². The zero-order valence-corrected chi connectivity index (χ0v) is 13.3. The Morgan fingerprint density at radius 2 is 1.95 bits per heavy atom. The number of rotatable bonds is 5. The number of hydrogen-bond acceptors (Lipinski definition) is 3. The van der Waals surface area contributed by atoms with E-state index < -0.39 is 37.2 Å². The number of nitrogens with one attached hydrogen (secondary N) is 1. The maximum atomic E-state index is 12.8. The van der Waals surface area contributed by atoms with E-state index in [2.05, 4.69) is 4.72 Å². The van der Waals surface area contributed by atoms with Crippen molar-refractivity contribution >= 4 is 21.6 Å². The third-order valence-corrected chi connectivity index (χ3v) is 5.76. The van der Waals surface area contributed by atoms with Crippen molar-refractivity contribution in [3.8, 4) is 0 Å². The van der Waals surface area contributed by atoms with Crippen LogP contribution in [0, 0.1) is 5.92 Å². The van der Waals surface area contributed by atoms with Gasteiger partial charge in [-0.3, -0.25) is 0 Å². The Bertz CT molecular complexity index is 674. The predicted molar refractivity (Wildman–Crippen MR) is 77.0 cm³/mol. The number of benzene rings is 1. The normalized spacial score (nSPS) is 19.0. The van der Waals surface area contributed by atoms with Crippen LogP contribution in [0.4, 0.5) is 13.2 Å². The first-order valence-electron chi connectivity index (χ1n) is 6.60. The largest absolute Gasteiger partial charge is 0.417 e. The maximum Gasteiger partial charge on any atom is 0.417 e. The van der Waals surface area contributed by atoms with Gasteiger partial charge < -0.3 is 5.73 Å².